The summed E-state index contributed by atoms with van der Waals surface area (Å²) in [7, 11) is 1.72. The van der Waals surface area contributed by atoms with E-state index in [0.29, 0.717) is 56.3 Å². The van der Waals surface area contributed by atoms with Gasteiger partial charge in [-0.2, -0.15) is 0 Å². The highest BCUT2D eigenvalue weighted by Gasteiger charge is 2.32. The van der Waals surface area contributed by atoms with Gasteiger partial charge in [0.2, 0.25) is 11.8 Å². The van der Waals surface area contributed by atoms with Gasteiger partial charge in [-0.3, -0.25) is 14.5 Å². The number of ether oxygens (including phenoxy) is 2. The molecule has 1 fully saturated rings. The van der Waals surface area contributed by atoms with Crippen molar-refractivity contribution in [3.63, 3.8) is 0 Å². The molecule has 1 aromatic rings. The van der Waals surface area contributed by atoms with E-state index in [2.05, 4.69) is 15.5 Å². The number of carbonyl (C=O) groups excluding carboxylic acids is 3. The molecule has 11 nitrogen and oxygen atoms in total. The number of carbonyl (C=O) groups is 3. The van der Waals surface area contributed by atoms with Gasteiger partial charge >= 0.3 is 6.03 Å². The number of anilines is 1. The van der Waals surface area contributed by atoms with Gasteiger partial charge < -0.3 is 35.0 Å². The molecule has 2 heterocycles. The van der Waals surface area contributed by atoms with Crippen LogP contribution in [0.2, 0.25) is 0 Å². The van der Waals surface area contributed by atoms with E-state index in [9.17, 15) is 19.5 Å². The zero-order chi connectivity index (χ0) is 28.5. The minimum atomic E-state index is -0.403. The zero-order valence-corrected chi connectivity index (χ0v) is 23.9. The Morgan fingerprint density at radius 2 is 1.92 bits per heavy atom. The fourth-order valence-electron chi connectivity index (χ4n) is 4.74. The molecule has 0 spiro atoms. The summed E-state index contributed by atoms with van der Waals surface area (Å²) in [5.74, 6) is 0.192. The van der Waals surface area contributed by atoms with Crippen LogP contribution in [0.1, 0.15) is 39.7 Å². The predicted molar refractivity (Wildman–Crippen MR) is 149 cm³/mol. The average molecular weight is 548 g/mol. The Balaban J connectivity index is 1.79. The number of rotatable bonds is 9. The number of hydrogen-bond acceptors (Lipinski definition) is 7. The number of benzene rings is 1. The molecular weight excluding hydrogens is 502 g/mol. The van der Waals surface area contributed by atoms with Crippen LogP contribution in [0.5, 0.6) is 5.75 Å². The van der Waals surface area contributed by atoms with Crippen molar-refractivity contribution in [3.8, 4) is 5.75 Å². The van der Waals surface area contributed by atoms with Crippen LogP contribution in [0.3, 0.4) is 0 Å². The van der Waals surface area contributed by atoms with Crippen molar-refractivity contribution in [2.75, 3.05) is 64.9 Å². The summed E-state index contributed by atoms with van der Waals surface area (Å²) in [5.41, 5.74) is 1.24. The molecule has 0 saturated carbocycles. The number of likely N-dealkylation sites (N-methyl/N-ethyl adjacent to an activating group) is 1. The Morgan fingerprint density at radius 1 is 1.21 bits per heavy atom. The minimum absolute atomic E-state index is 0.000527. The van der Waals surface area contributed by atoms with Crippen LogP contribution in [0.4, 0.5) is 10.5 Å². The molecule has 0 unspecified atom stereocenters. The van der Waals surface area contributed by atoms with Crippen molar-refractivity contribution in [2.24, 2.45) is 5.92 Å². The van der Waals surface area contributed by atoms with Gasteiger partial charge in [0.25, 0.3) is 0 Å². The van der Waals surface area contributed by atoms with Gasteiger partial charge in [-0.15, -0.1) is 0 Å². The molecule has 218 valence electrons. The second kappa shape index (κ2) is 14.5. The van der Waals surface area contributed by atoms with Gasteiger partial charge in [0, 0.05) is 62.9 Å². The first-order chi connectivity index (χ1) is 18.6. The normalized spacial score (nSPS) is 21.2. The van der Waals surface area contributed by atoms with E-state index in [4.69, 9.17) is 9.47 Å². The second-order valence-electron chi connectivity index (χ2n) is 10.9. The third-order valence-corrected chi connectivity index (χ3v) is 7.17. The maximum Gasteiger partial charge on any atom is 0.317 e. The zero-order valence-electron chi connectivity index (χ0n) is 23.9. The van der Waals surface area contributed by atoms with Crippen molar-refractivity contribution in [1.29, 1.82) is 0 Å². The van der Waals surface area contributed by atoms with Gasteiger partial charge in [-0.25, -0.2) is 4.79 Å². The number of fused-ring (bicyclic) bond motifs is 1. The van der Waals surface area contributed by atoms with Crippen LogP contribution in [0.15, 0.2) is 18.2 Å². The van der Waals surface area contributed by atoms with E-state index in [0.717, 1.165) is 13.1 Å². The molecule has 1 saturated heterocycles. The lowest BCUT2D eigenvalue weighted by Crippen LogP contribution is -2.49. The first kappa shape index (κ1) is 30.6. The first-order valence-corrected chi connectivity index (χ1v) is 13.9. The van der Waals surface area contributed by atoms with Gasteiger partial charge in [-0.05, 0) is 39.0 Å². The number of aliphatic hydroxyl groups excluding tert-OH is 1. The van der Waals surface area contributed by atoms with Crippen molar-refractivity contribution >= 4 is 23.5 Å². The van der Waals surface area contributed by atoms with Crippen LogP contribution in [0, 0.1) is 5.92 Å². The van der Waals surface area contributed by atoms with E-state index in [1.54, 1.807) is 35.0 Å². The Morgan fingerprint density at radius 3 is 2.59 bits per heavy atom. The summed E-state index contributed by atoms with van der Waals surface area (Å²) in [6, 6.07) is 4.77. The monoisotopic (exact) mass is 547 g/mol. The third kappa shape index (κ3) is 9.08. The van der Waals surface area contributed by atoms with E-state index < -0.39 is 6.10 Å². The van der Waals surface area contributed by atoms with Crippen LogP contribution in [0.25, 0.3) is 0 Å². The van der Waals surface area contributed by atoms with Gasteiger partial charge in [0.1, 0.15) is 11.9 Å². The van der Waals surface area contributed by atoms with Gasteiger partial charge in [0.15, 0.2) is 0 Å². The summed E-state index contributed by atoms with van der Waals surface area (Å²) < 4.78 is 11.8. The summed E-state index contributed by atoms with van der Waals surface area (Å²) in [4.78, 5) is 44.1. The number of hydrogen-bond donors (Lipinski definition) is 3. The Kier molecular flexibility index (Phi) is 11.4. The highest BCUT2D eigenvalue weighted by atomic mass is 16.5. The van der Waals surface area contributed by atoms with Crippen LogP contribution < -0.4 is 15.4 Å². The van der Waals surface area contributed by atoms with Gasteiger partial charge in [0.05, 0.1) is 38.8 Å². The van der Waals surface area contributed by atoms with Crippen LogP contribution in [-0.2, 0) is 20.7 Å². The number of amides is 4. The molecule has 0 bridgehead atoms. The van der Waals surface area contributed by atoms with E-state index in [-0.39, 0.29) is 48.9 Å². The van der Waals surface area contributed by atoms with Crippen LogP contribution in [-0.4, -0.2) is 115 Å². The third-order valence-electron chi connectivity index (χ3n) is 7.17. The van der Waals surface area contributed by atoms with Crippen LogP contribution >= 0.6 is 0 Å². The van der Waals surface area contributed by atoms with E-state index in [1.807, 2.05) is 27.7 Å². The molecule has 11 heteroatoms. The molecule has 0 radical (unpaired) electrons. The van der Waals surface area contributed by atoms with Gasteiger partial charge in [-0.1, -0.05) is 6.92 Å². The standard InChI is InChI=1S/C28H45N5O6/c1-19(2)29-28(37)31(5)17-25-20(3)16-33(21(4)18-34)27(36)15-22-14-23(6-7-24(22)39-25)30-26(35)8-9-32-10-12-38-13-11-32/h6-7,14,19-21,25,34H,8-13,15-18H2,1-5H3,(H,29,37)(H,30,35)/t20-,21+,25-/m0/s1. The quantitative estimate of drug-likeness (QED) is 0.429. The maximum atomic E-state index is 13.4. The highest BCUT2D eigenvalue weighted by Crippen LogP contribution is 2.29. The number of urea groups is 1. The summed E-state index contributed by atoms with van der Waals surface area (Å²) in [6.07, 6.45) is 0.0267. The van der Waals surface area contributed by atoms with Crippen molar-refractivity contribution in [2.45, 2.75) is 58.7 Å². The molecule has 3 atom stereocenters. The molecule has 4 amide bonds. The summed E-state index contributed by atoms with van der Waals surface area (Å²) in [6.45, 7) is 11.8. The largest absolute Gasteiger partial charge is 0.488 e. The molecule has 39 heavy (non-hydrogen) atoms. The first-order valence-electron chi connectivity index (χ1n) is 13.9. The number of nitrogens with one attached hydrogen (secondary N) is 2. The summed E-state index contributed by atoms with van der Waals surface area (Å²) >= 11 is 0. The topological polar surface area (TPSA) is 124 Å². The lowest BCUT2D eigenvalue weighted by molar-refractivity contribution is -0.134. The maximum absolute atomic E-state index is 13.4. The average Bonchev–Trinajstić information content (AvgIpc) is 2.94. The predicted octanol–water partition coefficient (Wildman–Crippen LogP) is 1.55. The molecule has 3 N–H and O–H groups in total. The Labute approximate surface area is 231 Å². The second-order valence-corrected chi connectivity index (χ2v) is 10.9. The van der Waals surface area contributed by atoms with Crippen molar-refractivity contribution < 1.29 is 29.0 Å². The van der Waals surface area contributed by atoms with Crippen molar-refractivity contribution in [3.05, 3.63) is 23.8 Å². The smallest absolute Gasteiger partial charge is 0.317 e. The lowest BCUT2D eigenvalue weighted by Gasteiger charge is -2.34. The van der Waals surface area contributed by atoms with E-state index >= 15 is 0 Å². The fourth-order valence-corrected chi connectivity index (χ4v) is 4.74. The number of nitrogens with zero attached hydrogens (tertiary/aromatic N) is 3. The molecule has 0 aliphatic carbocycles. The Bertz CT molecular complexity index is 983. The molecule has 2 aliphatic rings. The highest BCUT2D eigenvalue weighted by molar-refractivity contribution is 5.91. The molecular formula is C28H45N5O6. The SMILES string of the molecule is CC(C)NC(=O)N(C)C[C@@H]1Oc2ccc(NC(=O)CCN3CCOCC3)cc2CC(=O)N([C@H](C)CO)C[C@@H]1C. The molecule has 0 aromatic heterocycles. The Hall–Kier alpha value is -2.89. The molecule has 3 rings (SSSR count). The lowest BCUT2D eigenvalue weighted by atomic mass is 10.0. The summed E-state index contributed by atoms with van der Waals surface area (Å²) in [5, 5.41) is 15.7. The molecule has 2 aliphatic heterocycles. The number of morpholine rings is 1. The van der Waals surface area contributed by atoms with E-state index in [1.165, 1.54) is 0 Å². The fraction of sp³-hybridized carbons (Fsp3) is 0.679. The number of aliphatic hydroxyl groups is 1. The van der Waals surface area contributed by atoms with Crippen molar-refractivity contribution in [1.82, 2.24) is 20.0 Å². The minimum Gasteiger partial charge on any atom is -0.488 e. The molecule has 1 aromatic carbocycles.